The van der Waals surface area contributed by atoms with Crippen LogP contribution in [0.3, 0.4) is 0 Å². The third-order valence-electron chi connectivity index (χ3n) is 6.02. The van der Waals surface area contributed by atoms with Gasteiger partial charge in [-0.1, -0.05) is 12.1 Å². The molecule has 128 valence electrons. The molecular formula is C20H26N2O2. The van der Waals surface area contributed by atoms with Gasteiger partial charge in [0.15, 0.2) is 0 Å². The largest absolute Gasteiger partial charge is 0.381 e. The minimum Gasteiger partial charge on any atom is -0.381 e. The second kappa shape index (κ2) is 6.25. The summed E-state index contributed by atoms with van der Waals surface area (Å²) in [5.41, 5.74) is 4.19. The Morgan fingerprint density at radius 3 is 2.75 bits per heavy atom. The van der Waals surface area contributed by atoms with Crippen LogP contribution in [0.1, 0.15) is 40.9 Å². The Bertz CT molecular complexity index is 758. The Morgan fingerprint density at radius 1 is 1.17 bits per heavy atom. The summed E-state index contributed by atoms with van der Waals surface area (Å²) in [6.45, 7) is 7.74. The van der Waals surface area contributed by atoms with E-state index in [0.717, 1.165) is 68.3 Å². The third kappa shape index (κ3) is 2.63. The molecule has 4 heteroatoms. The highest BCUT2D eigenvalue weighted by atomic mass is 16.5. The number of benzene rings is 1. The standard InChI is InChI=1S/C20H26N2O2/c1-13-14(2)21-19-17(13)4-3-5-18(19)20(23)22-9-6-16(12-22)15-7-10-24-11-8-15/h3-5,15-16,21H,6-12H2,1-2H3/t16-/m0/s1. The average molecular weight is 326 g/mol. The van der Waals surface area contributed by atoms with Crippen molar-refractivity contribution in [2.75, 3.05) is 26.3 Å². The third-order valence-corrected chi connectivity index (χ3v) is 6.02. The molecule has 3 heterocycles. The predicted molar refractivity (Wildman–Crippen MR) is 95.3 cm³/mol. The van der Waals surface area contributed by atoms with Gasteiger partial charge in [-0.15, -0.1) is 0 Å². The van der Waals surface area contributed by atoms with Crippen LogP contribution >= 0.6 is 0 Å². The molecule has 1 aromatic carbocycles. The van der Waals surface area contributed by atoms with E-state index in [1.54, 1.807) is 0 Å². The van der Waals surface area contributed by atoms with Gasteiger partial charge in [0.05, 0.1) is 11.1 Å². The number of aromatic amines is 1. The molecule has 24 heavy (non-hydrogen) atoms. The maximum atomic E-state index is 13.1. The number of likely N-dealkylation sites (tertiary alicyclic amines) is 1. The molecule has 2 aliphatic heterocycles. The first-order valence-electron chi connectivity index (χ1n) is 9.10. The molecule has 0 unspecified atom stereocenters. The summed E-state index contributed by atoms with van der Waals surface area (Å²) in [4.78, 5) is 18.6. The van der Waals surface area contributed by atoms with Crippen molar-refractivity contribution in [2.45, 2.75) is 33.1 Å². The second-order valence-corrected chi connectivity index (χ2v) is 7.35. The van der Waals surface area contributed by atoms with E-state index in [0.29, 0.717) is 5.92 Å². The van der Waals surface area contributed by atoms with E-state index in [-0.39, 0.29) is 5.91 Å². The molecule has 0 radical (unpaired) electrons. The summed E-state index contributed by atoms with van der Waals surface area (Å²) in [5, 5.41) is 1.17. The topological polar surface area (TPSA) is 45.3 Å². The van der Waals surface area contributed by atoms with Crippen molar-refractivity contribution in [3.8, 4) is 0 Å². The van der Waals surface area contributed by atoms with Crippen molar-refractivity contribution >= 4 is 16.8 Å². The van der Waals surface area contributed by atoms with E-state index in [1.165, 1.54) is 10.9 Å². The number of hydrogen-bond acceptors (Lipinski definition) is 2. The second-order valence-electron chi connectivity index (χ2n) is 7.35. The smallest absolute Gasteiger partial charge is 0.255 e. The Kier molecular flexibility index (Phi) is 4.09. The maximum absolute atomic E-state index is 13.1. The van der Waals surface area contributed by atoms with Crippen LogP contribution in [0.5, 0.6) is 0 Å². The highest BCUT2D eigenvalue weighted by Gasteiger charge is 2.33. The van der Waals surface area contributed by atoms with Crippen LogP contribution in [0.2, 0.25) is 0 Å². The first-order chi connectivity index (χ1) is 11.6. The Hall–Kier alpha value is -1.81. The molecule has 2 aromatic rings. The molecule has 0 saturated carbocycles. The highest BCUT2D eigenvalue weighted by Crippen LogP contribution is 2.32. The fourth-order valence-electron chi connectivity index (χ4n) is 4.38. The van der Waals surface area contributed by atoms with Crippen LogP contribution in [0.4, 0.5) is 0 Å². The molecule has 2 fully saturated rings. The lowest BCUT2D eigenvalue weighted by molar-refractivity contribution is 0.0471. The lowest BCUT2D eigenvalue weighted by Gasteiger charge is -2.27. The van der Waals surface area contributed by atoms with E-state index in [4.69, 9.17) is 4.74 Å². The number of carbonyl (C=O) groups excluding carboxylic acids is 1. The van der Waals surface area contributed by atoms with Crippen LogP contribution in [0.15, 0.2) is 18.2 Å². The molecule has 1 amide bonds. The van der Waals surface area contributed by atoms with Gasteiger partial charge in [0, 0.05) is 37.4 Å². The van der Waals surface area contributed by atoms with Gasteiger partial charge >= 0.3 is 0 Å². The summed E-state index contributed by atoms with van der Waals surface area (Å²) in [5.74, 6) is 1.54. The lowest BCUT2D eigenvalue weighted by atomic mass is 9.85. The Labute approximate surface area is 143 Å². The summed E-state index contributed by atoms with van der Waals surface area (Å²) >= 11 is 0. The molecular weight excluding hydrogens is 300 g/mol. The minimum atomic E-state index is 0.177. The number of fused-ring (bicyclic) bond motifs is 1. The molecule has 2 saturated heterocycles. The molecule has 4 rings (SSSR count). The number of H-pyrrole nitrogens is 1. The van der Waals surface area contributed by atoms with Gasteiger partial charge in [-0.05, 0) is 56.6 Å². The van der Waals surface area contributed by atoms with Gasteiger partial charge < -0.3 is 14.6 Å². The van der Waals surface area contributed by atoms with E-state index in [1.807, 2.05) is 12.1 Å². The maximum Gasteiger partial charge on any atom is 0.255 e. The van der Waals surface area contributed by atoms with Crippen LogP contribution in [0, 0.1) is 25.7 Å². The van der Waals surface area contributed by atoms with Crippen molar-refractivity contribution in [1.29, 1.82) is 0 Å². The normalized spacial score (nSPS) is 22.4. The first-order valence-corrected chi connectivity index (χ1v) is 9.10. The van der Waals surface area contributed by atoms with E-state index >= 15 is 0 Å². The van der Waals surface area contributed by atoms with E-state index in [9.17, 15) is 4.79 Å². The number of aromatic nitrogens is 1. The first kappa shape index (κ1) is 15.7. The molecule has 2 aliphatic rings. The number of nitrogens with zero attached hydrogens (tertiary/aromatic N) is 1. The zero-order valence-electron chi connectivity index (χ0n) is 14.6. The quantitative estimate of drug-likeness (QED) is 0.915. The number of amides is 1. The number of para-hydroxylation sites is 1. The van der Waals surface area contributed by atoms with Gasteiger partial charge in [0.2, 0.25) is 0 Å². The zero-order chi connectivity index (χ0) is 16.7. The SMILES string of the molecule is Cc1[nH]c2c(C(=O)N3CC[C@H](C4CCOCC4)C3)cccc2c1C. The Balaban J connectivity index is 1.55. The van der Waals surface area contributed by atoms with Gasteiger partial charge in [-0.25, -0.2) is 0 Å². The molecule has 0 aliphatic carbocycles. The van der Waals surface area contributed by atoms with Crippen LogP contribution in [-0.4, -0.2) is 42.1 Å². The monoisotopic (exact) mass is 326 g/mol. The van der Waals surface area contributed by atoms with Crippen LogP contribution in [-0.2, 0) is 4.74 Å². The average Bonchev–Trinajstić information content (AvgIpc) is 3.21. The highest BCUT2D eigenvalue weighted by molar-refractivity contribution is 6.06. The summed E-state index contributed by atoms with van der Waals surface area (Å²) in [6, 6.07) is 6.06. The van der Waals surface area contributed by atoms with Gasteiger partial charge in [0.25, 0.3) is 5.91 Å². The number of ether oxygens (including phenoxy) is 1. The van der Waals surface area contributed by atoms with Crippen molar-refractivity contribution in [2.24, 2.45) is 11.8 Å². The molecule has 1 N–H and O–H groups in total. The lowest BCUT2D eigenvalue weighted by Crippen LogP contribution is -2.31. The number of aryl methyl sites for hydroxylation is 2. The van der Waals surface area contributed by atoms with Gasteiger partial charge in [-0.2, -0.15) is 0 Å². The van der Waals surface area contributed by atoms with Gasteiger partial charge in [-0.3, -0.25) is 4.79 Å². The fourth-order valence-corrected chi connectivity index (χ4v) is 4.38. The number of hydrogen-bond donors (Lipinski definition) is 1. The van der Waals surface area contributed by atoms with E-state index in [2.05, 4.69) is 29.8 Å². The van der Waals surface area contributed by atoms with Crippen LogP contribution in [0.25, 0.3) is 10.9 Å². The van der Waals surface area contributed by atoms with Crippen molar-refractivity contribution in [3.05, 3.63) is 35.0 Å². The molecule has 0 spiro atoms. The summed E-state index contributed by atoms with van der Waals surface area (Å²) < 4.78 is 5.48. The minimum absolute atomic E-state index is 0.177. The van der Waals surface area contributed by atoms with Crippen molar-refractivity contribution in [1.82, 2.24) is 9.88 Å². The molecule has 0 bridgehead atoms. The summed E-state index contributed by atoms with van der Waals surface area (Å²) in [7, 11) is 0. The van der Waals surface area contributed by atoms with E-state index < -0.39 is 0 Å². The molecule has 1 atom stereocenters. The fraction of sp³-hybridized carbons (Fsp3) is 0.550. The van der Waals surface area contributed by atoms with Gasteiger partial charge in [0.1, 0.15) is 0 Å². The molecule has 1 aromatic heterocycles. The number of nitrogens with one attached hydrogen (secondary N) is 1. The Morgan fingerprint density at radius 2 is 1.96 bits per heavy atom. The predicted octanol–water partition coefficient (Wildman–Crippen LogP) is 3.67. The summed E-state index contributed by atoms with van der Waals surface area (Å²) in [6.07, 6.45) is 3.43. The van der Waals surface area contributed by atoms with Crippen molar-refractivity contribution in [3.63, 3.8) is 0 Å². The van der Waals surface area contributed by atoms with Crippen molar-refractivity contribution < 1.29 is 9.53 Å². The number of carbonyl (C=O) groups is 1. The molecule has 4 nitrogen and oxygen atoms in total. The zero-order valence-corrected chi connectivity index (χ0v) is 14.6. The van der Waals surface area contributed by atoms with Crippen LogP contribution < -0.4 is 0 Å². The number of rotatable bonds is 2.